The van der Waals surface area contributed by atoms with Crippen LogP contribution in [-0.4, -0.2) is 43.6 Å². The summed E-state index contributed by atoms with van der Waals surface area (Å²) < 4.78 is 29.5. The molecular formula is C26H43N3O3S. The highest BCUT2D eigenvalue weighted by atomic mass is 32.2. The van der Waals surface area contributed by atoms with E-state index in [9.17, 15) is 13.2 Å². The summed E-state index contributed by atoms with van der Waals surface area (Å²) in [5.41, 5.74) is 1.87. The number of fused-ring (bicyclic) bond motifs is 2. The normalized spacial score (nSPS) is 40.1. The predicted molar refractivity (Wildman–Crippen MR) is 131 cm³/mol. The lowest BCUT2D eigenvalue weighted by molar-refractivity contribution is -0.114. The number of ketones is 1. The van der Waals surface area contributed by atoms with Gasteiger partial charge in [0.1, 0.15) is 0 Å². The number of Topliss-reactive ketones (excluding diaryl/α,β-unsaturated/α-hetero) is 1. The minimum atomic E-state index is -3.33. The van der Waals surface area contributed by atoms with E-state index in [0.29, 0.717) is 18.8 Å². The molecule has 4 fully saturated rings. The minimum absolute atomic E-state index is 0.0473. The topological polar surface area (TPSA) is 87.3 Å². The summed E-state index contributed by atoms with van der Waals surface area (Å²) in [5, 5.41) is 7.17. The second kappa shape index (κ2) is 9.62. The predicted octanol–water partition coefficient (Wildman–Crippen LogP) is 3.78. The molecule has 7 heteroatoms. The first-order valence-corrected chi connectivity index (χ1v) is 15.1. The van der Waals surface area contributed by atoms with Gasteiger partial charge in [-0.1, -0.05) is 19.3 Å². The van der Waals surface area contributed by atoms with Crippen molar-refractivity contribution >= 4 is 15.8 Å². The molecule has 4 saturated carbocycles. The molecule has 0 aromatic rings. The quantitative estimate of drug-likeness (QED) is 0.561. The van der Waals surface area contributed by atoms with E-state index in [1.165, 1.54) is 38.5 Å². The fourth-order valence-electron chi connectivity index (χ4n) is 7.65. The highest BCUT2D eigenvalue weighted by Crippen LogP contribution is 2.48. The molecule has 0 aromatic carbocycles. The zero-order valence-electron chi connectivity index (χ0n) is 20.4. The van der Waals surface area contributed by atoms with Gasteiger partial charge in [0.15, 0.2) is 5.78 Å². The van der Waals surface area contributed by atoms with Crippen LogP contribution in [0.4, 0.5) is 0 Å². The zero-order valence-corrected chi connectivity index (χ0v) is 21.3. The van der Waals surface area contributed by atoms with Gasteiger partial charge >= 0.3 is 0 Å². The van der Waals surface area contributed by atoms with Crippen molar-refractivity contribution in [3.8, 4) is 0 Å². The van der Waals surface area contributed by atoms with Gasteiger partial charge in [-0.2, -0.15) is 0 Å². The van der Waals surface area contributed by atoms with Gasteiger partial charge in [0.05, 0.1) is 5.25 Å². The van der Waals surface area contributed by atoms with E-state index in [-0.39, 0.29) is 35.2 Å². The van der Waals surface area contributed by atoms with Crippen molar-refractivity contribution in [3.05, 3.63) is 11.3 Å². The molecule has 5 aliphatic rings. The number of nitrogens with one attached hydrogen (secondary N) is 3. The smallest absolute Gasteiger partial charge is 0.214 e. The fourth-order valence-corrected chi connectivity index (χ4v) is 9.45. The van der Waals surface area contributed by atoms with Crippen LogP contribution in [0.1, 0.15) is 97.3 Å². The largest absolute Gasteiger partial charge is 0.384 e. The second-order valence-corrected chi connectivity index (χ2v) is 13.7. The first-order valence-electron chi connectivity index (χ1n) is 13.6. The van der Waals surface area contributed by atoms with Gasteiger partial charge in [-0.3, -0.25) is 4.79 Å². The third kappa shape index (κ3) is 4.92. The summed E-state index contributed by atoms with van der Waals surface area (Å²) in [4.78, 5) is 12.8. The maximum absolute atomic E-state index is 13.2. The van der Waals surface area contributed by atoms with Crippen LogP contribution in [0, 0.1) is 17.8 Å². The van der Waals surface area contributed by atoms with E-state index >= 15 is 0 Å². The second-order valence-electron chi connectivity index (χ2n) is 11.7. The molecule has 3 N–H and O–H groups in total. The van der Waals surface area contributed by atoms with Gasteiger partial charge in [-0.15, -0.1) is 0 Å². The molecule has 5 rings (SSSR count). The average molecular weight is 478 g/mol. The molecule has 33 heavy (non-hydrogen) atoms. The maximum atomic E-state index is 13.2. The van der Waals surface area contributed by atoms with Crippen molar-refractivity contribution in [2.45, 2.75) is 127 Å². The molecule has 0 spiro atoms. The molecule has 0 saturated heterocycles. The van der Waals surface area contributed by atoms with Crippen LogP contribution in [0.15, 0.2) is 11.3 Å². The van der Waals surface area contributed by atoms with Gasteiger partial charge in [0.2, 0.25) is 10.0 Å². The van der Waals surface area contributed by atoms with Crippen LogP contribution in [0.5, 0.6) is 0 Å². The molecule has 6 nitrogen and oxygen atoms in total. The first kappa shape index (κ1) is 23.8. The lowest BCUT2D eigenvalue weighted by Gasteiger charge is -2.47. The van der Waals surface area contributed by atoms with Crippen molar-refractivity contribution in [3.63, 3.8) is 0 Å². The van der Waals surface area contributed by atoms with Crippen LogP contribution >= 0.6 is 0 Å². The summed E-state index contributed by atoms with van der Waals surface area (Å²) in [7, 11) is -3.33. The van der Waals surface area contributed by atoms with Gasteiger partial charge < -0.3 is 10.6 Å². The first-order chi connectivity index (χ1) is 15.8. The van der Waals surface area contributed by atoms with E-state index in [0.717, 1.165) is 55.2 Å². The average Bonchev–Trinajstić information content (AvgIpc) is 2.90. The number of hydrogen-bond donors (Lipinski definition) is 3. The van der Waals surface area contributed by atoms with Crippen molar-refractivity contribution in [1.82, 2.24) is 15.4 Å². The van der Waals surface area contributed by atoms with Crippen molar-refractivity contribution < 1.29 is 13.2 Å². The summed E-state index contributed by atoms with van der Waals surface area (Å²) >= 11 is 0. The van der Waals surface area contributed by atoms with Crippen molar-refractivity contribution in [2.75, 3.05) is 0 Å². The molecule has 0 amide bonds. The molecule has 186 valence electrons. The number of allylic oxidation sites excluding steroid dienone is 1. The Balaban J connectivity index is 1.31. The number of sulfonamides is 1. The standard InChI is InChI=1S/C26H43N3O3S/c1-16-25(17(2)30)26(20-11-9-18-8-10-19(18)14-20)28-23-13-12-22(15-24(23)27-16)33(31,32)29-21-6-4-3-5-7-21/h18-24,26-29H,3-15H2,1-2H3. The van der Waals surface area contributed by atoms with Crippen molar-refractivity contribution in [1.29, 1.82) is 0 Å². The number of hydrogen-bond acceptors (Lipinski definition) is 5. The number of rotatable bonds is 5. The van der Waals surface area contributed by atoms with Gasteiger partial charge in [0, 0.05) is 35.4 Å². The van der Waals surface area contributed by atoms with Crippen LogP contribution in [0.25, 0.3) is 0 Å². The highest BCUT2D eigenvalue weighted by Gasteiger charge is 2.45. The lowest BCUT2D eigenvalue weighted by atomic mass is 9.61. The lowest BCUT2D eigenvalue weighted by Crippen LogP contribution is -2.56. The summed E-state index contributed by atoms with van der Waals surface area (Å²) in [6, 6.07) is 0.465. The van der Waals surface area contributed by atoms with E-state index in [1.807, 2.05) is 6.92 Å². The van der Waals surface area contributed by atoms with Gasteiger partial charge in [-0.25, -0.2) is 13.1 Å². The maximum Gasteiger partial charge on any atom is 0.214 e. The molecular weight excluding hydrogens is 434 g/mol. The SMILES string of the molecule is CC(=O)C1=C(C)NC2CC(S(=O)(=O)NC3CCCCC3)CCC2NC1C1CCC2CCC2C1. The number of carbonyl (C=O) groups is 1. The Hall–Kier alpha value is -0.920. The molecule has 1 heterocycles. The molecule has 1 aliphatic heterocycles. The Bertz CT molecular complexity index is 879. The molecule has 4 aliphatic carbocycles. The Kier molecular flexibility index (Phi) is 6.94. The molecule has 0 bridgehead atoms. The van der Waals surface area contributed by atoms with Crippen LogP contribution < -0.4 is 15.4 Å². The van der Waals surface area contributed by atoms with E-state index in [4.69, 9.17) is 0 Å². The minimum Gasteiger partial charge on any atom is -0.384 e. The Morgan fingerprint density at radius 3 is 2.21 bits per heavy atom. The monoisotopic (exact) mass is 477 g/mol. The van der Waals surface area contributed by atoms with Gasteiger partial charge in [-0.05, 0) is 95.8 Å². The van der Waals surface area contributed by atoms with Crippen LogP contribution in [-0.2, 0) is 14.8 Å². The molecule has 7 atom stereocenters. The van der Waals surface area contributed by atoms with E-state index in [2.05, 4.69) is 15.4 Å². The van der Waals surface area contributed by atoms with Gasteiger partial charge in [0.25, 0.3) is 0 Å². The third-order valence-electron chi connectivity index (χ3n) is 9.63. The summed E-state index contributed by atoms with van der Waals surface area (Å²) in [5.74, 6) is 2.42. The van der Waals surface area contributed by atoms with E-state index < -0.39 is 10.0 Å². The fraction of sp³-hybridized carbons (Fsp3) is 0.885. The van der Waals surface area contributed by atoms with E-state index in [1.54, 1.807) is 6.92 Å². The summed E-state index contributed by atoms with van der Waals surface area (Å²) in [6.07, 6.45) is 14.0. The molecule has 0 aromatic heterocycles. The Labute approximate surface area is 200 Å². The van der Waals surface area contributed by atoms with Crippen molar-refractivity contribution in [2.24, 2.45) is 17.8 Å². The Morgan fingerprint density at radius 2 is 1.55 bits per heavy atom. The van der Waals surface area contributed by atoms with Crippen LogP contribution in [0.3, 0.4) is 0 Å². The zero-order chi connectivity index (χ0) is 23.2. The third-order valence-corrected chi connectivity index (χ3v) is 11.6. The molecule has 7 unspecified atom stereocenters. The summed E-state index contributed by atoms with van der Waals surface area (Å²) in [6.45, 7) is 3.72. The highest BCUT2D eigenvalue weighted by molar-refractivity contribution is 7.90. The Morgan fingerprint density at radius 1 is 0.848 bits per heavy atom. The number of carbonyl (C=O) groups excluding carboxylic acids is 1. The van der Waals surface area contributed by atoms with Crippen LogP contribution in [0.2, 0.25) is 0 Å². The molecule has 0 radical (unpaired) electrons.